The Morgan fingerprint density at radius 1 is 1.06 bits per heavy atom. The molecule has 4 rings (SSSR count). The van der Waals surface area contributed by atoms with E-state index in [0.29, 0.717) is 0 Å². The highest BCUT2D eigenvalue weighted by atomic mass is 16.5. The Hall–Kier alpha value is -0.160. The Bertz CT molecular complexity index is 247. The van der Waals surface area contributed by atoms with Crippen LogP contribution in [0.1, 0.15) is 19.3 Å². The Morgan fingerprint density at radius 3 is 2.50 bits per heavy atom. The molecule has 0 radical (unpaired) electrons. The van der Waals surface area contributed by atoms with Crippen LogP contribution in [0.25, 0.3) is 0 Å². The van der Waals surface area contributed by atoms with Crippen molar-refractivity contribution in [1.29, 1.82) is 0 Å². The van der Waals surface area contributed by atoms with E-state index in [1.807, 2.05) is 0 Å². The third kappa shape index (κ3) is 3.23. The van der Waals surface area contributed by atoms with Crippen molar-refractivity contribution >= 4 is 0 Å². The third-order valence-electron chi connectivity index (χ3n) is 4.86. The minimum absolute atomic E-state index is 0.821. The second-order valence-electron chi connectivity index (χ2n) is 6.03. The number of piperidine rings is 3. The van der Waals surface area contributed by atoms with Gasteiger partial charge in [0.1, 0.15) is 0 Å². The molecule has 2 bridgehead atoms. The van der Waals surface area contributed by atoms with E-state index in [0.717, 1.165) is 44.8 Å². The molecule has 104 valence electrons. The highest BCUT2D eigenvalue weighted by Gasteiger charge is 2.32. The summed E-state index contributed by atoms with van der Waals surface area (Å²) in [6.45, 7) is 10.3. The maximum absolute atomic E-state index is 5.37. The Morgan fingerprint density at radius 2 is 1.83 bits per heavy atom. The van der Waals surface area contributed by atoms with E-state index in [9.17, 15) is 0 Å². The maximum atomic E-state index is 5.37. The van der Waals surface area contributed by atoms with Crippen molar-refractivity contribution in [2.45, 2.75) is 25.3 Å². The van der Waals surface area contributed by atoms with Crippen molar-refractivity contribution < 1.29 is 4.74 Å². The van der Waals surface area contributed by atoms with Gasteiger partial charge in [0.25, 0.3) is 0 Å². The van der Waals surface area contributed by atoms with Crippen LogP contribution in [0.4, 0.5) is 0 Å². The smallest absolute Gasteiger partial charge is 0.0594 e. The molecule has 4 fully saturated rings. The van der Waals surface area contributed by atoms with Gasteiger partial charge < -0.3 is 10.1 Å². The van der Waals surface area contributed by atoms with Crippen molar-refractivity contribution in [1.82, 2.24) is 15.1 Å². The van der Waals surface area contributed by atoms with Crippen molar-refractivity contribution in [3.05, 3.63) is 0 Å². The summed E-state index contributed by atoms with van der Waals surface area (Å²) < 4.78 is 5.37. The first-order valence-corrected chi connectivity index (χ1v) is 7.67. The van der Waals surface area contributed by atoms with E-state index in [2.05, 4.69) is 15.1 Å². The molecule has 0 spiro atoms. The monoisotopic (exact) mass is 253 g/mol. The number of hydrogen-bond acceptors (Lipinski definition) is 4. The van der Waals surface area contributed by atoms with Crippen molar-refractivity contribution in [2.75, 3.05) is 59.0 Å². The molecule has 0 aromatic carbocycles. The molecule has 4 saturated heterocycles. The van der Waals surface area contributed by atoms with E-state index in [1.165, 1.54) is 45.4 Å². The highest BCUT2D eigenvalue weighted by Crippen LogP contribution is 2.31. The summed E-state index contributed by atoms with van der Waals surface area (Å²) in [6, 6.07) is 0.821. The zero-order valence-corrected chi connectivity index (χ0v) is 11.4. The molecular weight excluding hydrogens is 226 g/mol. The standard InChI is InChI=1S/C14H27N3O/c1-4-17-5-2-13(1)11-14(17)12-15-3-6-16-7-9-18-10-8-16/h13-15H,1-12H2. The highest BCUT2D eigenvalue weighted by molar-refractivity contribution is 4.88. The molecule has 0 saturated carbocycles. The number of fused-ring (bicyclic) bond motifs is 3. The first-order valence-electron chi connectivity index (χ1n) is 7.67. The lowest BCUT2D eigenvalue weighted by Gasteiger charge is -2.45. The fraction of sp³-hybridized carbons (Fsp3) is 1.00. The summed E-state index contributed by atoms with van der Waals surface area (Å²) >= 11 is 0. The van der Waals surface area contributed by atoms with Crippen molar-refractivity contribution in [3.8, 4) is 0 Å². The predicted molar refractivity (Wildman–Crippen MR) is 72.8 cm³/mol. The van der Waals surface area contributed by atoms with Crippen LogP contribution < -0.4 is 5.32 Å². The van der Waals surface area contributed by atoms with Crippen LogP contribution >= 0.6 is 0 Å². The summed E-state index contributed by atoms with van der Waals surface area (Å²) in [5, 5.41) is 3.66. The zero-order chi connectivity index (χ0) is 12.2. The largest absolute Gasteiger partial charge is 0.379 e. The second kappa shape index (κ2) is 6.33. The average Bonchev–Trinajstić information content (AvgIpc) is 2.46. The number of ether oxygens (including phenoxy) is 1. The van der Waals surface area contributed by atoms with Gasteiger partial charge in [-0.25, -0.2) is 0 Å². The molecule has 4 aliphatic heterocycles. The molecule has 18 heavy (non-hydrogen) atoms. The van der Waals surface area contributed by atoms with Crippen LogP contribution in [0.2, 0.25) is 0 Å². The maximum Gasteiger partial charge on any atom is 0.0594 e. The lowest BCUT2D eigenvalue weighted by atomic mass is 9.83. The SMILES string of the molecule is C(CN1CCOCC1)NCC1CC2CCN1CC2. The van der Waals surface area contributed by atoms with Crippen LogP contribution in [-0.2, 0) is 4.74 Å². The molecule has 4 heteroatoms. The molecule has 0 aromatic rings. The Labute approximate surface area is 111 Å². The van der Waals surface area contributed by atoms with Gasteiger partial charge >= 0.3 is 0 Å². The molecule has 4 aliphatic rings. The van der Waals surface area contributed by atoms with Gasteiger partial charge in [-0.05, 0) is 38.3 Å². The van der Waals surface area contributed by atoms with Crippen LogP contribution in [0, 0.1) is 5.92 Å². The summed E-state index contributed by atoms with van der Waals surface area (Å²) in [4.78, 5) is 5.20. The zero-order valence-electron chi connectivity index (χ0n) is 11.4. The lowest BCUT2D eigenvalue weighted by Crippen LogP contribution is -2.53. The summed E-state index contributed by atoms with van der Waals surface area (Å²) in [5.41, 5.74) is 0. The fourth-order valence-electron chi connectivity index (χ4n) is 3.63. The second-order valence-corrected chi connectivity index (χ2v) is 6.03. The summed E-state index contributed by atoms with van der Waals surface area (Å²) in [5.74, 6) is 1.03. The molecule has 1 N–H and O–H groups in total. The Balaban J connectivity index is 1.30. The van der Waals surface area contributed by atoms with E-state index in [1.54, 1.807) is 0 Å². The molecule has 4 heterocycles. The number of hydrogen-bond donors (Lipinski definition) is 1. The minimum Gasteiger partial charge on any atom is -0.379 e. The van der Waals surface area contributed by atoms with Gasteiger partial charge in [0, 0.05) is 38.8 Å². The summed E-state index contributed by atoms with van der Waals surface area (Å²) in [6.07, 6.45) is 4.33. The van der Waals surface area contributed by atoms with Gasteiger partial charge in [0.15, 0.2) is 0 Å². The number of rotatable bonds is 5. The summed E-state index contributed by atoms with van der Waals surface area (Å²) in [7, 11) is 0. The molecule has 4 nitrogen and oxygen atoms in total. The van der Waals surface area contributed by atoms with E-state index in [-0.39, 0.29) is 0 Å². The average molecular weight is 253 g/mol. The molecular formula is C14H27N3O. The first-order chi connectivity index (χ1) is 8.92. The lowest BCUT2D eigenvalue weighted by molar-refractivity contribution is 0.0355. The van der Waals surface area contributed by atoms with Crippen molar-refractivity contribution in [2.24, 2.45) is 5.92 Å². The van der Waals surface area contributed by atoms with Crippen LogP contribution in [0.3, 0.4) is 0 Å². The van der Waals surface area contributed by atoms with Crippen LogP contribution in [0.5, 0.6) is 0 Å². The topological polar surface area (TPSA) is 27.7 Å². The fourth-order valence-corrected chi connectivity index (χ4v) is 3.63. The molecule has 0 aliphatic carbocycles. The number of morpholine rings is 1. The predicted octanol–water partition coefficient (Wildman–Crippen LogP) is 0.393. The van der Waals surface area contributed by atoms with Gasteiger partial charge in [-0.2, -0.15) is 0 Å². The Kier molecular flexibility index (Phi) is 4.52. The minimum atomic E-state index is 0.821. The molecule has 0 aromatic heterocycles. The first kappa shape index (κ1) is 12.9. The van der Waals surface area contributed by atoms with Crippen LogP contribution in [-0.4, -0.2) is 74.9 Å². The number of nitrogens with one attached hydrogen (secondary N) is 1. The normalized spacial score (nSPS) is 37.0. The van der Waals surface area contributed by atoms with Gasteiger partial charge in [-0.3, -0.25) is 9.80 Å². The van der Waals surface area contributed by atoms with Gasteiger partial charge in [-0.1, -0.05) is 0 Å². The van der Waals surface area contributed by atoms with E-state index in [4.69, 9.17) is 4.74 Å². The quantitative estimate of drug-likeness (QED) is 0.718. The van der Waals surface area contributed by atoms with E-state index >= 15 is 0 Å². The molecule has 1 atom stereocenters. The number of nitrogens with zero attached hydrogens (tertiary/aromatic N) is 2. The molecule has 0 amide bonds. The van der Waals surface area contributed by atoms with Gasteiger partial charge in [-0.15, -0.1) is 0 Å². The van der Waals surface area contributed by atoms with Gasteiger partial charge in [0.2, 0.25) is 0 Å². The van der Waals surface area contributed by atoms with E-state index < -0.39 is 0 Å². The van der Waals surface area contributed by atoms with Gasteiger partial charge in [0.05, 0.1) is 13.2 Å². The van der Waals surface area contributed by atoms with Crippen molar-refractivity contribution in [3.63, 3.8) is 0 Å². The third-order valence-corrected chi connectivity index (χ3v) is 4.86. The van der Waals surface area contributed by atoms with Crippen LogP contribution in [0.15, 0.2) is 0 Å². The molecule has 1 unspecified atom stereocenters.